The maximum absolute atomic E-state index is 13.6. The van der Waals surface area contributed by atoms with Gasteiger partial charge < -0.3 is 15.7 Å². The Hall–Kier alpha value is -3.06. The zero-order valence-electron chi connectivity index (χ0n) is 13.8. The number of halogens is 2. The molecule has 0 fully saturated rings. The fourth-order valence-electron chi connectivity index (χ4n) is 2.29. The molecule has 2 amide bonds. The van der Waals surface area contributed by atoms with Crippen molar-refractivity contribution in [3.8, 4) is 0 Å². The van der Waals surface area contributed by atoms with Crippen LogP contribution < -0.4 is 10.6 Å². The maximum atomic E-state index is 13.6. The maximum Gasteiger partial charge on any atom is 0.247 e. The van der Waals surface area contributed by atoms with Crippen LogP contribution in [0.4, 0.5) is 14.5 Å². The van der Waals surface area contributed by atoms with Crippen LogP contribution in [-0.2, 0) is 16.0 Å². The Bertz CT molecular complexity index is 787. The highest BCUT2D eigenvalue weighted by atomic mass is 19.1. The lowest BCUT2D eigenvalue weighted by Gasteiger charge is -2.14. The Balaban J connectivity index is 1.88. The van der Waals surface area contributed by atoms with Gasteiger partial charge in [-0.05, 0) is 35.9 Å². The minimum absolute atomic E-state index is 0.0160. The molecule has 136 valence electrons. The van der Waals surface area contributed by atoms with E-state index >= 15 is 0 Å². The minimum atomic E-state index is -1.49. The van der Waals surface area contributed by atoms with Crippen molar-refractivity contribution in [1.29, 1.82) is 0 Å². The molecule has 2 aromatic carbocycles. The molecule has 26 heavy (non-hydrogen) atoms. The fourth-order valence-corrected chi connectivity index (χ4v) is 2.29. The first kappa shape index (κ1) is 19.3. The molecule has 5 nitrogen and oxygen atoms in total. The second-order valence-electron chi connectivity index (χ2n) is 5.52. The van der Waals surface area contributed by atoms with E-state index in [4.69, 9.17) is 0 Å². The van der Waals surface area contributed by atoms with Crippen molar-refractivity contribution in [3.63, 3.8) is 0 Å². The summed E-state index contributed by atoms with van der Waals surface area (Å²) in [7, 11) is 0. The molecule has 0 aliphatic carbocycles. The molecule has 2 rings (SSSR count). The van der Waals surface area contributed by atoms with Crippen LogP contribution in [0.1, 0.15) is 17.2 Å². The first-order valence-electron chi connectivity index (χ1n) is 7.81. The molecule has 0 saturated carbocycles. The number of carbonyl (C=O) groups is 2. The molecule has 1 atom stereocenters. The molecule has 0 heterocycles. The number of hydrogen-bond acceptors (Lipinski definition) is 3. The van der Waals surface area contributed by atoms with Gasteiger partial charge in [-0.3, -0.25) is 9.59 Å². The van der Waals surface area contributed by atoms with Gasteiger partial charge in [0.15, 0.2) is 0 Å². The second kappa shape index (κ2) is 8.87. The van der Waals surface area contributed by atoms with Crippen molar-refractivity contribution in [1.82, 2.24) is 5.32 Å². The standard InChI is InChI=1S/C19H18F2N2O3/c1-2-17(25)23-13-8-6-12(7-9-13)10-18(26)22-11-16(24)19-14(20)4-3-5-15(19)21/h2-9,16,24H,1,10-11H2,(H,22,26)(H,23,25). The highest BCUT2D eigenvalue weighted by Crippen LogP contribution is 2.20. The van der Waals surface area contributed by atoms with Gasteiger partial charge >= 0.3 is 0 Å². The van der Waals surface area contributed by atoms with Gasteiger partial charge in [0.25, 0.3) is 0 Å². The lowest BCUT2D eigenvalue weighted by atomic mass is 10.1. The summed E-state index contributed by atoms with van der Waals surface area (Å²) in [6.45, 7) is 3.03. The SMILES string of the molecule is C=CC(=O)Nc1ccc(CC(=O)NCC(O)c2c(F)cccc2F)cc1. The predicted molar refractivity (Wildman–Crippen MR) is 93.3 cm³/mol. The summed E-state index contributed by atoms with van der Waals surface area (Å²) in [5.41, 5.74) is 0.755. The van der Waals surface area contributed by atoms with Crippen LogP contribution in [-0.4, -0.2) is 23.5 Å². The smallest absolute Gasteiger partial charge is 0.247 e. The number of carbonyl (C=O) groups excluding carboxylic acids is 2. The molecular formula is C19H18F2N2O3. The number of benzene rings is 2. The third-order valence-electron chi connectivity index (χ3n) is 3.60. The second-order valence-corrected chi connectivity index (χ2v) is 5.52. The number of rotatable bonds is 7. The van der Waals surface area contributed by atoms with E-state index in [1.165, 1.54) is 6.07 Å². The molecule has 0 bridgehead atoms. The Morgan fingerprint density at radius 1 is 1.12 bits per heavy atom. The minimum Gasteiger partial charge on any atom is -0.386 e. The summed E-state index contributed by atoms with van der Waals surface area (Å²) in [6, 6.07) is 9.85. The molecule has 0 aromatic heterocycles. The number of anilines is 1. The largest absolute Gasteiger partial charge is 0.386 e. The fraction of sp³-hybridized carbons (Fsp3) is 0.158. The van der Waals surface area contributed by atoms with E-state index in [0.717, 1.165) is 18.2 Å². The van der Waals surface area contributed by atoms with Crippen LogP contribution in [0, 0.1) is 11.6 Å². The summed E-state index contributed by atoms with van der Waals surface area (Å²) >= 11 is 0. The van der Waals surface area contributed by atoms with E-state index in [-0.39, 0.29) is 18.9 Å². The molecular weight excluding hydrogens is 342 g/mol. The van der Waals surface area contributed by atoms with Crippen molar-refractivity contribution < 1.29 is 23.5 Å². The van der Waals surface area contributed by atoms with E-state index in [2.05, 4.69) is 17.2 Å². The van der Waals surface area contributed by atoms with Gasteiger partial charge in [-0.1, -0.05) is 24.8 Å². The third-order valence-corrected chi connectivity index (χ3v) is 3.60. The zero-order chi connectivity index (χ0) is 19.1. The summed E-state index contributed by atoms with van der Waals surface area (Å²) in [4.78, 5) is 23.1. The Kier molecular flexibility index (Phi) is 6.57. The van der Waals surface area contributed by atoms with Gasteiger partial charge in [0.2, 0.25) is 11.8 Å². The molecule has 0 aliphatic rings. The van der Waals surface area contributed by atoms with Gasteiger partial charge in [0.1, 0.15) is 17.7 Å². The van der Waals surface area contributed by atoms with Gasteiger partial charge in [-0.15, -0.1) is 0 Å². The lowest BCUT2D eigenvalue weighted by molar-refractivity contribution is -0.121. The number of nitrogens with one attached hydrogen (secondary N) is 2. The average molecular weight is 360 g/mol. The van der Waals surface area contributed by atoms with Crippen LogP contribution in [0.15, 0.2) is 55.1 Å². The van der Waals surface area contributed by atoms with Crippen LogP contribution in [0.3, 0.4) is 0 Å². The number of hydrogen-bond donors (Lipinski definition) is 3. The normalized spacial score (nSPS) is 11.5. The summed E-state index contributed by atoms with van der Waals surface area (Å²) in [5.74, 6) is -2.50. The molecule has 0 radical (unpaired) electrons. The summed E-state index contributed by atoms with van der Waals surface area (Å²) < 4.78 is 27.2. The molecule has 7 heteroatoms. The van der Waals surface area contributed by atoms with E-state index in [9.17, 15) is 23.5 Å². The lowest BCUT2D eigenvalue weighted by Crippen LogP contribution is -2.30. The first-order chi connectivity index (χ1) is 12.4. The molecule has 2 aromatic rings. The monoisotopic (exact) mass is 360 g/mol. The van der Waals surface area contributed by atoms with Crippen LogP contribution in [0.25, 0.3) is 0 Å². The molecule has 0 spiro atoms. The third kappa shape index (κ3) is 5.22. The van der Waals surface area contributed by atoms with E-state index < -0.39 is 29.2 Å². The first-order valence-corrected chi connectivity index (χ1v) is 7.81. The van der Waals surface area contributed by atoms with Gasteiger partial charge in [-0.25, -0.2) is 8.78 Å². The molecule has 1 unspecified atom stereocenters. The Labute approximate surface area is 149 Å². The average Bonchev–Trinajstić information content (AvgIpc) is 2.61. The van der Waals surface area contributed by atoms with Crippen LogP contribution in [0.5, 0.6) is 0 Å². The van der Waals surface area contributed by atoms with Crippen molar-refractivity contribution in [2.45, 2.75) is 12.5 Å². The zero-order valence-corrected chi connectivity index (χ0v) is 13.8. The number of aliphatic hydroxyl groups excluding tert-OH is 1. The Morgan fingerprint density at radius 3 is 2.31 bits per heavy atom. The number of aliphatic hydroxyl groups is 1. The van der Waals surface area contributed by atoms with Crippen molar-refractivity contribution in [2.24, 2.45) is 0 Å². The van der Waals surface area contributed by atoms with Crippen molar-refractivity contribution in [2.75, 3.05) is 11.9 Å². The van der Waals surface area contributed by atoms with Crippen LogP contribution >= 0.6 is 0 Å². The number of amides is 2. The van der Waals surface area contributed by atoms with Gasteiger partial charge in [-0.2, -0.15) is 0 Å². The van der Waals surface area contributed by atoms with E-state index in [0.29, 0.717) is 11.3 Å². The van der Waals surface area contributed by atoms with Gasteiger partial charge in [0.05, 0.1) is 12.0 Å². The van der Waals surface area contributed by atoms with E-state index in [1.807, 2.05) is 0 Å². The Morgan fingerprint density at radius 2 is 1.73 bits per heavy atom. The van der Waals surface area contributed by atoms with Crippen molar-refractivity contribution in [3.05, 3.63) is 77.9 Å². The predicted octanol–water partition coefficient (Wildman–Crippen LogP) is 2.48. The van der Waals surface area contributed by atoms with Crippen LogP contribution in [0.2, 0.25) is 0 Å². The van der Waals surface area contributed by atoms with Crippen molar-refractivity contribution >= 4 is 17.5 Å². The molecule has 0 saturated heterocycles. The molecule has 0 aliphatic heterocycles. The quantitative estimate of drug-likeness (QED) is 0.664. The van der Waals surface area contributed by atoms with Gasteiger partial charge in [0, 0.05) is 12.2 Å². The molecule has 3 N–H and O–H groups in total. The van der Waals surface area contributed by atoms with E-state index in [1.54, 1.807) is 24.3 Å². The topological polar surface area (TPSA) is 78.4 Å². The summed E-state index contributed by atoms with van der Waals surface area (Å²) in [5, 5.41) is 14.9. The highest BCUT2D eigenvalue weighted by molar-refractivity contribution is 5.98. The highest BCUT2D eigenvalue weighted by Gasteiger charge is 2.18. The summed E-state index contributed by atoms with van der Waals surface area (Å²) in [6.07, 6.45) is -0.329.